The van der Waals surface area contributed by atoms with Gasteiger partial charge >= 0.3 is 0 Å². The van der Waals surface area contributed by atoms with E-state index < -0.39 is 32.5 Å². The maximum atomic E-state index is 12.2. The Bertz CT molecular complexity index is 1050. The van der Waals surface area contributed by atoms with E-state index in [-0.39, 0.29) is 17.2 Å². The molecule has 9 nitrogen and oxygen atoms in total. The summed E-state index contributed by atoms with van der Waals surface area (Å²) in [6, 6.07) is 12.5. The number of methoxy groups -OCH3 is 1. The van der Waals surface area contributed by atoms with Crippen molar-refractivity contribution in [3.63, 3.8) is 0 Å². The minimum absolute atomic E-state index is 0.00807. The van der Waals surface area contributed by atoms with Crippen LogP contribution in [-0.2, 0) is 37.1 Å². The predicted molar refractivity (Wildman–Crippen MR) is 108 cm³/mol. The van der Waals surface area contributed by atoms with Crippen LogP contribution in [0.5, 0.6) is 5.75 Å². The number of nitrogens with one attached hydrogen (secondary N) is 3. The van der Waals surface area contributed by atoms with E-state index in [0.29, 0.717) is 16.9 Å². The molecule has 2 aromatic carbocycles. The molecule has 158 valence electrons. The Kier molecular flexibility index (Phi) is 7.73. The summed E-state index contributed by atoms with van der Waals surface area (Å²) in [5.41, 5.74) is 1.17. The van der Waals surface area contributed by atoms with Gasteiger partial charge in [0.05, 0.1) is 24.3 Å². The van der Waals surface area contributed by atoms with Crippen LogP contribution in [0, 0.1) is 0 Å². The number of rotatable bonds is 10. The minimum atomic E-state index is -3.85. The van der Waals surface area contributed by atoms with Gasteiger partial charge in [-0.25, -0.2) is 26.3 Å². The van der Waals surface area contributed by atoms with Crippen molar-refractivity contribution in [2.24, 2.45) is 0 Å². The zero-order valence-corrected chi connectivity index (χ0v) is 17.6. The topological polar surface area (TPSA) is 131 Å². The second-order valence-electron chi connectivity index (χ2n) is 6.01. The van der Waals surface area contributed by atoms with Crippen molar-refractivity contribution in [1.82, 2.24) is 14.8 Å². The number of sulfonamides is 2. The predicted octanol–water partition coefficient (Wildman–Crippen LogP) is 0.339. The average molecular weight is 442 g/mol. The Balaban J connectivity index is 1.95. The zero-order chi connectivity index (χ0) is 21.5. The molecular weight excluding hydrogens is 418 g/mol. The van der Waals surface area contributed by atoms with E-state index in [1.807, 2.05) is 0 Å². The normalized spacial score (nSPS) is 11.8. The van der Waals surface area contributed by atoms with Gasteiger partial charge < -0.3 is 10.1 Å². The molecule has 0 radical (unpaired) electrons. The first-order valence-electron chi connectivity index (χ1n) is 8.55. The third kappa shape index (κ3) is 6.82. The summed E-state index contributed by atoms with van der Waals surface area (Å²) in [5, 5.41) is 2.58. The van der Waals surface area contributed by atoms with Crippen LogP contribution in [0.25, 0.3) is 0 Å². The Morgan fingerprint density at radius 3 is 2.17 bits per heavy atom. The van der Waals surface area contributed by atoms with E-state index in [9.17, 15) is 21.6 Å². The molecular formula is C18H23N3O6S2. The number of amides is 1. The third-order valence-corrected chi connectivity index (χ3v) is 6.77. The first-order chi connectivity index (χ1) is 13.7. The summed E-state index contributed by atoms with van der Waals surface area (Å²) in [6.45, 7) is -0.385. The lowest BCUT2D eigenvalue weighted by Gasteiger charge is -2.12. The number of hydrogen-bond acceptors (Lipinski definition) is 6. The molecule has 2 rings (SSSR count). The Morgan fingerprint density at radius 2 is 1.59 bits per heavy atom. The van der Waals surface area contributed by atoms with Gasteiger partial charge in [-0.3, -0.25) is 4.79 Å². The quantitative estimate of drug-likeness (QED) is 0.487. The Labute approximate surface area is 170 Å². The molecule has 11 heteroatoms. The van der Waals surface area contributed by atoms with E-state index in [0.717, 1.165) is 0 Å². The van der Waals surface area contributed by atoms with Gasteiger partial charge in [0, 0.05) is 6.54 Å². The largest absolute Gasteiger partial charge is 0.497 e. The monoisotopic (exact) mass is 441 g/mol. The fourth-order valence-corrected chi connectivity index (χ4v) is 4.22. The van der Waals surface area contributed by atoms with Gasteiger partial charge in [-0.15, -0.1) is 0 Å². The molecule has 0 unspecified atom stereocenters. The van der Waals surface area contributed by atoms with E-state index in [1.165, 1.54) is 38.4 Å². The van der Waals surface area contributed by atoms with E-state index in [2.05, 4.69) is 14.8 Å². The third-order valence-electron chi connectivity index (χ3n) is 4.04. The molecule has 0 aliphatic rings. The molecule has 3 N–H and O–H groups in total. The molecule has 0 atom stereocenters. The molecule has 0 heterocycles. The van der Waals surface area contributed by atoms with Gasteiger partial charge in [0.25, 0.3) is 0 Å². The number of hydrogen-bond donors (Lipinski definition) is 3. The van der Waals surface area contributed by atoms with Gasteiger partial charge in [0.1, 0.15) is 5.75 Å². The number of carbonyl (C=O) groups is 1. The van der Waals surface area contributed by atoms with Crippen LogP contribution < -0.4 is 19.5 Å². The first-order valence-corrected chi connectivity index (χ1v) is 11.7. The van der Waals surface area contributed by atoms with Crippen LogP contribution in [0.2, 0.25) is 0 Å². The van der Waals surface area contributed by atoms with E-state index >= 15 is 0 Å². The highest BCUT2D eigenvalue weighted by Crippen LogP contribution is 2.15. The maximum absolute atomic E-state index is 12.2. The fourth-order valence-electron chi connectivity index (χ4n) is 2.40. The van der Waals surface area contributed by atoms with Crippen LogP contribution in [0.4, 0.5) is 0 Å². The lowest BCUT2D eigenvalue weighted by Crippen LogP contribution is -2.36. The van der Waals surface area contributed by atoms with Crippen LogP contribution >= 0.6 is 0 Å². The standard InChI is InChI=1S/C18H23N3O6S2/c1-19-28(23,24)13-15-6-4-3-5-14(15)11-20-18(22)12-21-29(25,26)17-9-7-16(27-2)8-10-17/h3-10,19,21H,11-13H2,1-2H3,(H,20,22). The summed E-state index contributed by atoms with van der Waals surface area (Å²) < 4.78 is 57.5. The van der Waals surface area contributed by atoms with Gasteiger partial charge in [0.2, 0.25) is 26.0 Å². The number of carbonyl (C=O) groups excluding carboxylic acids is 1. The van der Waals surface area contributed by atoms with Crippen molar-refractivity contribution in [2.75, 3.05) is 20.7 Å². The van der Waals surface area contributed by atoms with E-state index in [1.54, 1.807) is 24.3 Å². The van der Waals surface area contributed by atoms with Crippen molar-refractivity contribution in [1.29, 1.82) is 0 Å². The van der Waals surface area contributed by atoms with Gasteiger partial charge in [-0.05, 0) is 42.4 Å². The summed E-state index contributed by atoms with van der Waals surface area (Å²) in [7, 11) is -4.52. The molecule has 0 bridgehead atoms. The first kappa shape index (κ1) is 22.8. The molecule has 0 saturated carbocycles. The molecule has 0 aliphatic heterocycles. The molecule has 29 heavy (non-hydrogen) atoms. The van der Waals surface area contributed by atoms with Crippen LogP contribution in [0.3, 0.4) is 0 Å². The molecule has 0 aliphatic carbocycles. The second-order valence-corrected chi connectivity index (χ2v) is 9.70. The highest BCUT2D eigenvalue weighted by Gasteiger charge is 2.16. The Hall–Kier alpha value is -2.47. The van der Waals surface area contributed by atoms with Crippen molar-refractivity contribution in [2.45, 2.75) is 17.2 Å². The molecule has 1 amide bonds. The number of ether oxygens (including phenoxy) is 1. The van der Waals surface area contributed by atoms with Gasteiger partial charge in [-0.2, -0.15) is 0 Å². The lowest BCUT2D eigenvalue weighted by molar-refractivity contribution is -0.120. The van der Waals surface area contributed by atoms with Crippen molar-refractivity contribution in [3.8, 4) is 5.75 Å². The van der Waals surface area contributed by atoms with Crippen LogP contribution in [-0.4, -0.2) is 43.4 Å². The molecule has 0 saturated heterocycles. The summed E-state index contributed by atoms with van der Waals surface area (Å²) in [4.78, 5) is 12.1. The highest BCUT2D eigenvalue weighted by molar-refractivity contribution is 7.89. The fraction of sp³-hybridized carbons (Fsp3) is 0.278. The molecule has 0 fully saturated rings. The smallest absolute Gasteiger partial charge is 0.241 e. The second kappa shape index (κ2) is 9.83. The van der Waals surface area contributed by atoms with Crippen molar-refractivity contribution < 1.29 is 26.4 Å². The summed E-state index contributed by atoms with van der Waals surface area (Å²) in [6.07, 6.45) is 0. The zero-order valence-electron chi connectivity index (χ0n) is 16.0. The van der Waals surface area contributed by atoms with Crippen molar-refractivity contribution >= 4 is 26.0 Å². The minimum Gasteiger partial charge on any atom is -0.497 e. The molecule has 0 spiro atoms. The van der Waals surface area contributed by atoms with Crippen molar-refractivity contribution in [3.05, 3.63) is 59.7 Å². The molecule has 2 aromatic rings. The highest BCUT2D eigenvalue weighted by atomic mass is 32.2. The van der Waals surface area contributed by atoms with Crippen LogP contribution in [0.1, 0.15) is 11.1 Å². The SMILES string of the molecule is CNS(=O)(=O)Cc1ccccc1CNC(=O)CNS(=O)(=O)c1ccc(OC)cc1. The number of benzene rings is 2. The summed E-state index contributed by atoms with van der Waals surface area (Å²) >= 11 is 0. The summed E-state index contributed by atoms with van der Waals surface area (Å²) in [5.74, 6) is -0.256. The Morgan fingerprint density at radius 1 is 0.966 bits per heavy atom. The van der Waals surface area contributed by atoms with Gasteiger partial charge in [0.15, 0.2) is 0 Å². The molecule has 0 aromatic heterocycles. The average Bonchev–Trinajstić information content (AvgIpc) is 2.71. The van der Waals surface area contributed by atoms with Crippen LogP contribution in [0.15, 0.2) is 53.4 Å². The van der Waals surface area contributed by atoms with E-state index in [4.69, 9.17) is 4.74 Å². The maximum Gasteiger partial charge on any atom is 0.241 e. The lowest BCUT2D eigenvalue weighted by atomic mass is 10.1. The van der Waals surface area contributed by atoms with Gasteiger partial charge in [-0.1, -0.05) is 24.3 Å².